The molecule has 0 radical (unpaired) electrons. The van der Waals surface area contributed by atoms with Crippen LogP contribution >= 0.6 is 15.9 Å². The van der Waals surface area contributed by atoms with E-state index in [4.69, 9.17) is 4.74 Å². The summed E-state index contributed by atoms with van der Waals surface area (Å²) in [5.74, 6) is -0.145. The SMILES string of the molecule is CCCCC[C@H](Br)C(=O)OC(C)(C)C. The number of esters is 1. The van der Waals surface area contributed by atoms with E-state index in [1.165, 1.54) is 12.8 Å². The second-order valence-corrected chi connectivity index (χ2v) is 5.60. The lowest BCUT2D eigenvalue weighted by atomic mass is 10.1. The summed E-state index contributed by atoms with van der Waals surface area (Å²) in [4.78, 5) is 11.3. The molecular weight excluding hydrogens is 244 g/mol. The standard InChI is InChI=1S/C11H21BrO2/c1-5-6-7-8-9(12)10(13)14-11(2,3)4/h9H,5-8H2,1-4H3/t9-/m0/s1. The summed E-state index contributed by atoms with van der Waals surface area (Å²) in [7, 11) is 0. The van der Waals surface area contributed by atoms with Gasteiger partial charge in [0, 0.05) is 0 Å². The number of hydrogen-bond donors (Lipinski definition) is 0. The smallest absolute Gasteiger partial charge is 0.320 e. The Hall–Kier alpha value is -0.0500. The Morgan fingerprint density at radius 1 is 1.36 bits per heavy atom. The van der Waals surface area contributed by atoms with Crippen LogP contribution in [0.1, 0.15) is 53.4 Å². The molecule has 0 rings (SSSR count). The number of carbonyl (C=O) groups is 1. The van der Waals surface area contributed by atoms with E-state index in [1.807, 2.05) is 20.8 Å². The predicted octanol–water partition coefficient (Wildman–Crippen LogP) is 3.67. The minimum absolute atomic E-state index is 0.145. The molecule has 0 fully saturated rings. The molecule has 14 heavy (non-hydrogen) atoms. The molecule has 0 aromatic carbocycles. The van der Waals surface area contributed by atoms with Crippen molar-refractivity contribution >= 4 is 21.9 Å². The maximum atomic E-state index is 11.5. The Kier molecular flexibility index (Phi) is 6.41. The topological polar surface area (TPSA) is 26.3 Å². The molecule has 0 aliphatic heterocycles. The fourth-order valence-corrected chi connectivity index (χ4v) is 1.47. The average Bonchev–Trinajstić information content (AvgIpc) is 2.01. The van der Waals surface area contributed by atoms with Crippen molar-refractivity contribution in [3.8, 4) is 0 Å². The summed E-state index contributed by atoms with van der Waals surface area (Å²) in [5, 5.41) is 0. The molecule has 0 heterocycles. The van der Waals surface area contributed by atoms with E-state index in [0.717, 1.165) is 12.8 Å². The van der Waals surface area contributed by atoms with Gasteiger partial charge in [-0.1, -0.05) is 42.1 Å². The van der Waals surface area contributed by atoms with E-state index < -0.39 is 0 Å². The summed E-state index contributed by atoms with van der Waals surface area (Å²) in [5.41, 5.74) is -0.381. The van der Waals surface area contributed by atoms with E-state index in [2.05, 4.69) is 22.9 Å². The van der Waals surface area contributed by atoms with Crippen LogP contribution in [0.25, 0.3) is 0 Å². The zero-order valence-electron chi connectivity index (χ0n) is 9.60. The first-order valence-electron chi connectivity index (χ1n) is 5.23. The van der Waals surface area contributed by atoms with Gasteiger partial charge in [0.25, 0.3) is 0 Å². The van der Waals surface area contributed by atoms with Crippen LogP contribution in [-0.2, 0) is 9.53 Å². The zero-order chi connectivity index (χ0) is 11.2. The van der Waals surface area contributed by atoms with Crippen molar-refractivity contribution in [3.63, 3.8) is 0 Å². The fourth-order valence-electron chi connectivity index (χ4n) is 1.06. The highest BCUT2D eigenvalue weighted by Crippen LogP contribution is 2.16. The van der Waals surface area contributed by atoms with Crippen LogP contribution in [0.3, 0.4) is 0 Å². The second kappa shape index (κ2) is 6.44. The Labute approximate surface area is 95.5 Å². The van der Waals surface area contributed by atoms with Crippen LogP contribution in [0.2, 0.25) is 0 Å². The molecule has 0 aliphatic rings. The maximum absolute atomic E-state index is 11.5. The van der Waals surface area contributed by atoms with Gasteiger partial charge in [-0.05, 0) is 27.2 Å². The van der Waals surface area contributed by atoms with Crippen molar-refractivity contribution in [2.75, 3.05) is 0 Å². The Morgan fingerprint density at radius 3 is 2.36 bits per heavy atom. The van der Waals surface area contributed by atoms with Crippen LogP contribution < -0.4 is 0 Å². The van der Waals surface area contributed by atoms with Crippen LogP contribution in [0.15, 0.2) is 0 Å². The van der Waals surface area contributed by atoms with Gasteiger partial charge >= 0.3 is 5.97 Å². The van der Waals surface area contributed by atoms with Crippen molar-refractivity contribution in [1.82, 2.24) is 0 Å². The predicted molar refractivity (Wildman–Crippen MR) is 62.7 cm³/mol. The summed E-state index contributed by atoms with van der Waals surface area (Å²) in [6.45, 7) is 7.81. The highest BCUT2D eigenvalue weighted by molar-refractivity contribution is 9.10. The van der Waals surface area contributed by atoms with Crippen molar-refractivity contribution in [3.05, 3.63) is 0 Å². The number of ether oxygens (including phenoxy) is 1. The molecule has 0 saturated heterocycles. The quantitative estimate of drug-likeness (QED) is 0.430. The third kappa shape index (κ3) is 7.36. The van der Waals surface area contributed by atoms with Gasteiger partial charge in [-0.3, -0.25) is 4.79 Å². The van der Waals surface area contributed by atoms with Gasteiger partial charge < -0.3 is 4.74 Å². The van der Waals surface area contributed by atoms with E-state index in [1.54, 1.807) is 0 Å². The van der Waals surface area contributed by atoms with Crippen molar-refractivity contribution < 1.29 is 9.53 Å². The number of carbonyl (C=O) groups excluding carboxylic acids is 1. The van der Waals surface area contributed by atoms with Gasteiger partial charge in [-0.15, -0.1) is 0 Å². The molecule has 0 saturated carbocycles. The van der Waals surface area contributed by atoms with Gasteiger partial charge in [0.05, 0.1) is 0 Å². The summed E-state index contributed by atoms with van der Waals surface area (Å²) >= 11 is 3.35. The average molecular weight is 265 g/mol. The molecule has 1 atom stereocenters. The van der Waals surface area contributed by atoms with E-state index >= 15 is 0 Å². The van der Waals surface area contributed by atoms with Crippen molar-refractivity contribution in [2.45, 2.75) is 63.8 Å². The Balaban J connectivity index is 3.77. The normalized spacial score (nSPS) is 13.8. The lowest BCUT2D eigenvalue weighted by Gasteiger charge is -2.21. The van der Waals surface area contributed by atoms with Gasteiger partial charge in [0.15, 0.2) is 0 Å². The monoisotopic (exact) mass is 264 g/mol. The van der Waals surface area contributed by atoms with E-state index in [0.29, 0.717) is 0 Å². The second-order valence-electron chi connectivity index (χ2n) is 4.50. The lowest BCUT2D eigenvalue weighted by molar-refractivity contribution is -0.154. The molecule has 0 N–H and O–H groups in total. The molecule has 0 bridgehead atoms. The van der Waals surface area contributed by atoms with E-state index in [-0.39, 0.29) is 16.4 Å². The highest BCUT2D eigenvalue weighted by Gasteiger charge is 2.22. The minimum atomic E-state index is -0.381. The van der Waals surface area contributed by atoms with Crippen LogP contribution in [0, 0.1) is 0 Å². The lowest BCUT2D eigenvalue weighted by Crippen LogP contribution is -2.28. The number of alkyl halides is 1. The van der Waals surface area contributed by atoms with Crippen molar-refractivity contribution in [2.24, 2.45) is 0 Å². The van der Waals surface area contributed by atoms with Crippen LogP contribution in [0.5, 0.6) is 0 Å². The van der Waals surface area contributed by atoms with E-state index in [9.17, 15) is 4.79 Å². The molecule has 3 heteroatoms. The molecule has 0 spiro atoms. The van der Waals surface area contributed by atoms with Crippen LogP contribution in [-0.4, -0.2) is 16.4 Å². The summed E-state index contributed by atoms with van der Waals surface area (Å²) < 4.78 is 5.24. The Morgan fingerprint density at radius 2 is 1.93 bits per heavy atom. The largest absolute Gasteiger partial charge is 0.459 e. The minimum Gasteiger partial charge on any atom is -0.459 e. The number of rotatable bonds is 5. The molecule has 0 unspecified atom stereocenters. The van der Waals surface area contributed by atoms with Gasteiger partial charge in [0.1, 0.15) is 10.4 Å². The third-order valence-electron chi connectivity index (χ3n) is 1.72. The van der Waals surface area contributed by atoms with Gasteiger partial charge in [-0.2, -0.15) is 0 Å². The molecular formula is C11H21BrO2. The molecule has 0 amide bonds. The van der Waals surface area contributed by atoms with Crippen LogP contribution in [0.4, 0.5) is 0 Å². The first-order valence-corrected chi connectivity index (χ1v) is 6.15. The van der Waals surface area contributed by atoms with Crippen molar-refractivity contribution in [1.29, 1.82) is 0 Å². The first kappa shape index (κ1) is 13.9. The van der Waals surface area contributed by atoms with Gasteiger partial charge in [0.2, 0.25) is 0 Å². The fraction of sp³-hybridized carbons (Fsp3) is 0.909. The highest BCUT2D eigenvalue weighted by atomic mass is 79.9. The molecule has 2 nitrogen and oxygen atoms in total. The zero-order valence-corrected chi connectivity index (χ0v) is 11.2. The molecule has 0 aromatic heterocycles. The number of halogens is 1. The number of hydrogen-bond acceptors (Lipinski definition) is 2. The first-order chi connectivity index (χ1) is 6.37. The molecule has 84 valence electrons. The molecule has 0 aliphatic carbocycles. The third-order valence-corrected chi connectivity index (χ3v) is 2.56. The maximum Gasteiger partial charge on any atom is 0.320 e. The number of unbranched alkanes of at least 4 members (excludes halogenated alkanes) is 2. The Bertz CT molecular complexity index is 173. The van der Waals surface area contributed by atoms with Gasteiger partial charge in [-0.25, -0.2) is 0 Å². The molecule has 0 aromatic rings. The summed E-state index contributed by atoms with van der Waals surface area (Å²) in [6.07, 6.45) is 4.29. The summed E-state index contributed by atoms with van der Waals surface area (Å²) in [6, 6.07) is 0.